The molecule has 1 fully saturated rings. The summed E-state index contributed by atoms with van der Waals surface area (Å²) in [5.74, 6) is 0.964. The average molecular weight is 328 g/mol. The van der Waals surface area contributed by atoms with Crippen molar-refractivity contribution in [3.05, 3.63) is 29.8 Å². The molecule has 0 aliphatic carbocycles. The number of hydrogen-bond donors (Lipinski definition) is 1. The SMILES string of the molecule is COc1cccc(CN(C)C(=O)CN2CCC(N)CC2)c1.Cl. The number of halogens is 1. The molecule has 0 saturated carbocycles. The molecule has 2 N–H and O–H groups in total. The Kier molecular flexibility index (Phi) is 7.65. The van der Waals surface area contributed by atoms with E-state index in [9.17, 15) is 4.79 Å². The highest BCUT2D eigenvalue weighted by molar-refractivity contribution is 5.85. The predicted molar refractivity (Wildman–Crippen MR) is 90.4 cm³/mol. The largest absolute Gasteiger partial charge is 0.497 e. The van der Waals surface area contributed by atoms with E-state index in [-0.39, 0.29) is 18.3 Å². The van der Waals surface area contributed by atoms with Crippen molar-refractivity contribution >= 4 is 18.3 Å². The van der Waals surface area contributed by atoms with Gasteiger partial charge in [0.25, 0.3) is 0 Å². The third-order valence-electron chi connectivity index (χ3n) is 3.97. The normalized spacial score (nSPS) is 16.0. The van der Waals surface area contributed by atoms with E-state index < -0.39 is 0 Å². The molecule has 124 valence electrons. The first-order valence-corrected chi connectivity index (χ1v) is 7.43. The molecule has 1 aromatic rings. The van der Waals surface area contributed by atoms with Crippen LogP contribution in [-0.4, -0.2) is 55.5 Å². The van der Waals surface area contributed by atoms with Gasteiger partial charge in [-0.3, -0.25) is 9.69 Å². The summed E-state index contributed by atoms with van der Waals surface area (Å²) < 4.78 is 5.20. The number of benzene rings is 1. The Morgan fingerprint density at radius 1 is 1.41 bits per heavy atom. The summed E-state index contributed by atoms with van der Waals surface area (Å²) in [7, 11) is 3.49. The van der Waals surface area contributed by atoms with Crippen molar-refractivity contribution in [2.75, 3.05) is 33.8 Å². The van der Waals surface area contributed by atoms with Crippen LogP contribution in [0.3, 0.4) is 0 Å². The van der Waals surface area contributed by atoms with E-state index in [2.05, 4.69) is 4.90 Å². The fourth-order valence-corrected chi connectivity index (χ4v) is 2.56. The average Bonchev–Trinajstić information content (AvgIpc) is 2.49. The van der Waals surface area contributed by atoms with Crippen molar-refractivity contribution in [2.45, 2.75) is 25.4 Å². The number of methoxy groups -OCH3 is 1. The number of likely N-dealkylation sites (N-methyl/N-ethyl adjacent to an activating group) is 1. The van der Waals surface area contributed by atoms with Crippen molar-refractivity contribution in [1.29, 1.82) is 0 Å². The molecule has 6 heteroatoms. The van der Waals surface area contributed by atoms with Gasteiger partial charge in [0.15, 0.2) is 0 Å². The number of piperidine rings is 1. The molecule has 1 aliphatic rings. The quantitative estimate of drug-likeness (QED) is 0.890. The number of rotatable bonds is 5. The summed E-state index contributed by atoms with van der Waals surface area (Å²) in [5, 5.41) is 0. The summed E-state index contributed by atoms with van der Waals surface area (Å²) >= 11 is 0. The maximum atomic E-state index is 12.3. The van der Waals surface area contributed by atoms with Crippen LogP contribution in [0.4, 0.5) is 0 Å². The molecule has 1 heterocycles. The summed E-state index contributed by atoms with van der Waals surface area (Å²) in [5.41, 5.74) is 6.96. The van der Waals surface area contributed by atoms with Crippen molar-refractivity contribution in [3.8, 4) is 5.75 Å². The van der Waals surface area contributed by atoms with Crippen molar-refractivity contribution in [1.82, 2.24) is 9.80 Å². The molecule has 22 heavy (non-hydrogen) atoms. The van der Waals surface area contributed by atoms with Crippen LogP contribution in [0, 0.1) is 0 Å². The lowest BCUT2D eigenvalue weighted by Gasteiger charge is -2.30. The van der Waals surface area contributed by atoms with Crippen LogP contribution in [0.5, 0.6) is 5.75 Å². The van der Waals surface area contributed by atoms with Gasteiger partial charge >= 0.3 is 0 Å². The van der Waals surface area contributed by atoms with E-state index in [1.807, 2.05) is 31.3 Å². The molecule has 1 saturated heterocycles. The van der Waals surface area contributed by atoms with E-state index in [0.29, 0.717) is 19.1 Å². The topological polar surface area (TPSA) is 58.8 Å². The van der Waals surface area contributed by atoms with Gasteiger partial charge in [-0.05, 0) is 30.5 Å². The highest BCUT2D eigenvalue weighted by Crippen LogP contribution is 2.14. The third kappa shape index (κ3) is 5.48. The first kappa shape index (κ1) is 18.7. The zero-order valence-electron chi connectivity index (χ0n) is 13.3. The Hall–Kier alpha value is -1.30. The standard InChI is InChI=1S/C16H25N3O2.ClH/c1-18(11-13-4-3-5-15(10-13)21-2)16(20)12-19-8-6-14(17)7-9-19;/h3-5,10,14H,6-9,11-12,17H2,1-2H3;1H. The monoisotopic (exact) mass is 327 g/mol. The fraction of sp³-hybridized carbons (Fsp3) is 0.562. The molecule has 1 amide bonds. The number of nitrogens with zero attached hydrogens (tertiary/aromatic N) is 2. The maximum absolute atomic E-state index is 12.3. The minimum atomic E-state index is 0. The lowest BCUT2D eigenvalue weighted by atomic mass is 10.1. The Morgan fingerprint density at radius 2 is 2.09 bits per heavy atom. The van der Waals surface area contributed by atoms with E-state index in [1.165, 1.54) is 0 Å². The second-order valence-corrected chi connectivity index (χ2v) is 5.71. The van der Waals surface area contributed by atoms with E-state index >= 15 is 0 Å². The van der Waals surface area contributed by atoms with Crippen LogP contribution in [0.1, 0.15) is 18.4 Å². The minimum absolute atomic E-state index is 0. The smallest absolute Gasteiger partial charge is 0.236 e. The first-order chi connectivity index (χ1) is 10.1. The van der Waals surface area contributed by atoms with Gasteiger partial charge in [0, 0.05) is 32.7 Å². The van der Waals surface area contributed by atoms with Crippen LogP contribution in [0.2, 0.25) is 0 Å². The molecule has 1 aliphatic heterocycles. The number of carbonyl (C=O) groups excluding carboxylic acids is 1. The van der Waals surface area contributed by atoms with Gasteiger partial charge in [-0.25, -0.2) is 0 Å². The van der Waals surface area contributed by atoms with Crippen LogP contribution in [-0.2, 0) is 11.3 Å². The molecule has 0 bridgehead atoms. The first-order valence-electron chi connectivity index (χ1n) is 7.43. The molecule has 0 unspecified atom stereocenters. The number of likely N-dealkylation sites (tertiary alicyclic amines) is 1. The Morgan fingerprint density at radius 3 is 2.73 bits per heavy atom. The van der Waals surface area contributed by atoms with Gasteiger partial charge in [0.2, 0.25) is 5.91 Å². The van der Waals surface area contributed by atoms with Gasteiger partial charge in [-0.1, -0.05) is 12.1 Å². The van der Waals surface area contributed by atoms with Crippen LogP contribution in [0.25, 0.3) is 0 Å². The van der Waals surface area contributed by atoms with Gasteiger partial charge in [0.05, 0.1) is 13.7 Å². The molecular weight excluding hydrogens is 302 g/mol. The molecule has 0 spiro atoms. The Labute approximate surface area is 138 Å². The fourth-order valence-electron chi connectivity index (χ4n) is 2.56. The van der Waals surface area contributed by atoms with Crippen LogP contribution >= 0.6 is 12.4 Å². The summed E-state index contributed by atoms with van der Waals surface area (Å²) in [6.07, 6.45) is 1.96. The number of carbonyl (C=O) groups is 1. The van der Waals surface area contributed by atoms with Crippen LogP contribution in [0.15, 0.2) is 24.3 Å². The Balaban J connectivity index is 0.00000242. The number of amides is 1. The van der Waals surface area contributed by atoms with E-state index in [1.54, 1.807) is 12.0 Å². The minimum Gasteiger partial charge on any atom is -0.497 e. The highest BCUT2D eigenvalue weighted by Gasteiger charge is 2.19. The summed E-state index contributed by atoms with van der Waals surface area (Å²) in [6, 6.07) is 8.11. The van der Waals surface area contributed by atoms with Gasteiger partial charge in [0.1, 0.15) is 5.75 Å². The number of nitrogens with two attached hydrogens (primary N) is 1. The highest BCUT2D eigenvalue weighted by atomic mass is 35.5. The molecule has 5 nitrogen and oxygen atoms in total. The molecule has 2 rings (SSSR count). The van der Waals surface area contributed by atoms with Gasteiger partial charge in [-0.15, -0.1) is 12.4 Å². The van der Waals surface area contributed by atoms with Gasteiger partial charge in [-0.2, -0.15) is 0 Å². The van der Waals surface area contributed by atoms with Crippen LogP contribution < -0.4 is 10.5 Å². The molecule has 0 radical (unpaired) electrons. The maximum Gasteiger partial charge on any atom is 0.236 e. The van der Waals surface area contributed by atoms with Crippen molar-refractivity contribution in [3.63, 3.8) is 0 Å². The van der Waals surface area contributed by atoms with Gasteiger partial charge < -0.3 is 15.4 Å². The Bertz CT molecular complexity index is 476. The molecular formula is C16H26ClN3O2. The van der Waals surface area contributed by atoms with Crippen molar-refractivity contribution in [2.24, 2.45) is 5.73 Å². The predicted octanol–water partition coefficient (Wildman–Crippen LogP) is 1.50. The summed E-state index contributed by atoms with van der Waals surface area (Å²) in [4.78, 5) is 16.2. The second kappa shape index (κ2) is 8.98. The lowest BCUT2D eigenvalue weighted by Crippen LogP contribution is -2.44. The zero-order chi connectivity index (χ0) is 15.2. The lowest BCUT2D eigenvalue weighted by molar-refractivity contribution is -0.131. The summed E-state index contributed by atoms with van der Waals surface area (Å²) in [6.45, 7) is 2.91. The second-order valence-electron chi connectivity index (χ2n) is 5.71. The molecule has 0 aromatic heterocycles. The van der Waals surface area contributed by atoms with E-state index in [4.69, 9.17) is 10.5 Å². The molecule has 0 atom stereocenters. The van der Waals surface area contributed by atoms with E-state index in [0.717, 1.165) is 37.2 Å². The number of ether oxygens (including phenoxy) is 1. The molecule has 1 aromatic carbocycles. The number of hydrogen-bond acceptors (Lipinski definition) is 4. The third-order valence-corrected chi connectivity index (χ3v) is 3.97. The zero-order valence-corrected chi connectivity index (χ0v) is 14.1. The van der Waals surface area contributed by atoms with Crippen molar-refractivity contribution < 1.29 is 9.53 Å².